The lowest BCUT2D eigenvalue weighted by Crippen LogP contribution is -2.19. The number of hydrogen-bond acceptors (Lipinski definition) is 5. The van der Waals surface area contributed by atoms with Crippen LogP contribution in [0.15, 0.2) is 39.0 Å². The molecule has 0 saturated heterocycles. The molecule has 19 heavy (non-hydrogen) atoms. The van der Waals surface area contributed by atoms with E-state index in [0.717, 1.165) is 24.0 Å². The zero-order chi connectivity index (χ0) is 13.5. The van der Waals surface area contributed by atoms with E-state index in [0.29, 0.717) is 0 Å². The van der Waals surface area contributed by atoms with Crippen molar-refractivity contribution >= 4 is 23.1 Å². The Hall–Kier alpha value is -0.880. The highest BCUT2D eigenvalue weighted by Gasteiger charge is 2.03. The number of hydrogen-bond donors (Lipinski definition) is 1. The van der Waals surface area contributed by atoms with Crippen molar-refractivity contribution in [1.82, 2.24) is 10.3 Å². The van der Waals surface area contributed by atoms with Crippen LogP contribution in [-0.4, -0.2) is 25.2 Å². The molecular formula is C14H18N2OS2. The van der Waals surface area contributed by atoms with Crippen LogP contribution in [0.1, 0.15) is 11.1 Å². The number of nitrogens with zero attached hydrogens (tertiary/aromatic N) is 1. The average Bonchev–Trinajstić information content (AvgIpc) is 2.90. The van der Waals surface area contributed by atoms with Crippen molar-refractivity contribution in [3.8, 4) is 0 Å². The number of nitrogens with one attached hydrogen (secondary N) is 1. The fourth-order valence-corrected chi connectivity index (χ4v) is 3.38. The summed E-state index contributed by atoms with van der Waals surface area (Å²) in [6, 6.07) is 6.57. The number of aromatic nitrogens is 1. The minimum absolute atomic E-state index is 0.747. The minimum atomic E-state index is 0.747. The van der Waals surface area contributed by atoms with E-state index in [-0.39, 0.29) is 0 Å². The fourth-order valence-electron chi connectivity index (χ4n) is 1.69. The molecule has 0 aliphatic heterocycles. The molecule has 0 fully saturated rings. The summed E-state index contributed by atoms with van der Waals surface area (Å²) in [7, 11) is 1.72. The topological polar surface area (TPSA) is 34.1 Å². The van der Waals surface area contributed by atoms with Gasteiger partial charge >= 0.3 is 0 Å². The van der Waals surface area contributed by atoms with Crippen LogP contribution in [0.2, 0.25) is 0 Å². The summed E-state index contributed by atoms with van der Waals surface area (Å²) in [5.41, 5.74) is 2.64. The lowest BCUT2D eigenvalue weighted by atomic mass is 10.1. The van der Waals surface area contributed by atoms with Gasteiger partial charge in [-0.2, -0.15) is 0 Å². The summed E-state index contributed by atoms with van der Waals surface area (Å²) >= 11 is 3.39. The van der Waals surface area contributed by atoms with Gasteiger partial charge in [0.25, 0.3) is 0 Å². The fraction of sp³-hybridized carbons (Fsp3) is 0.357. The van der Waals surface area contributed by atoms with Crippen molar-refractivity contribution in [2.24, 2.45) is 0 Å². The molecular weight excluding hydrogens is 276 g/mol. The van der Waals surface area contributed by atoms with E-state index in [1.165, 1.54) is 16.0 Å². The molecule has 0 aliphatic rings. The molecule has 0 bridgehead atoms. The second-order valence-corrected chi connectivity index (χ2v) is 6.37. The molecule has 0 amide bonds. The smallest absolute Gasteiger partial charge is 0.154 e. The zero-order valence-electron chi connectivity index (χ0n) is 11.2. The molecule has 5 heteroatoms. The molecule has 0 spiro atoms. The third-order valence-electron chi connectivity index (χ3n) is 2.73. The van der Waals surface area contributed by atoms with Crippen LogP contribution in [0.25, 0.3) is 0 Å². The summed E-state index contributed by atoms with van der Waals surface area (Å²) in [6.07, 6.45) is 1.84. The molecule has 0 atom stereocenters. The van der Waals surface area contributed by atoms with Crippen LogP contribution in [0.5, 0.6) is 0 Å². The number of thiazole rings is 1. The highest BCUT2D eigenvalue weighted by atomic mass is 32.2. The van der Waals surface area contributed by atoms with E-state index in [2.05, 4.69) is 35.4 Å². The van der Waals surface area contributed by atoms with Crippen molar-refractivity contribution in [1.29, 1.82) is 0 Å². The van der Waals surface area contributed by atoms with Gasteiger partial charge in [-0.3, -0.25) is 0 Å². The van der Waals surface area contributed by atoms with Crippen LogP contribution in [-0.2, 0) is 11.3 Å². The third kappa shape index (κ3) is 4.62. The predicted octanol–water partition coefficient (Wildman–Crippen LogP) is 3.34. The molecule has 1 aromatic carbocycles. The summed E-state index contributed by atoms with van der Waals surface area (Å²) in [4.78, 5) is 5.53. The summed E-state index contributed by atoms with van der Waals surface area (Å²) in [6.45, 7) is 4.67. The summed E-state index contributed by atoms with van der Waals surface area (Å²) in [5.74, 6) is 0. The minimum Gasteiger partial charge on any atom is -0.383 e. The highest BCUT2D eigenvalue weighted by Crippen LogP contribution is 2.30. The number of rotatable bonds is 7. The Kier molecular flexibility index (Phi) is 5.85. The van der Waals surface area contributed by atoms with E-state index in [1.807, 2.05) is 11.6 Å². The molecule has 1 heterocycles. The zero-order valence-corrected chi connectivity index (χ0v) is 12.8. The number of aryl methyl sites for hydroxylation is 1. The Balaban J connectivity index is 1.93. The second-order valence-electron chi connectivity index (χ2n) is 4.16. The number of methoxy groups -OCH3 is 1. The molecule has 0 unspecified atom stereocenters. The standard InChI is InChI=1S/C14H18N2OS2/c1-11-9-13(19-14-16-6-8-18-14)4-3-12(11)10-15-5-7-17-2/h3-4,6,8-9,15H,5,7,10H2,1-2H3. The highest BCUT2D eigenvalue weighted by molar-refractivity contribution is 8.01. The van der Waals surface area contributed by atoms with Crippen LogP contribution < -0.4 is 5.32 Å². The normalized spacial score (nSPS) is 10.8. The predicted molar refractivity (Wildman–Crippen MR) is 81.0 cm³/mol. The van der Waals surface area contributed by atoms with E-state index < -0.39 is 0 Å². The Bertz CT molecular complexity index is 500. The van der Waals surface area contributed by atoms with E-state index in [9.17, 15) is 0 Å². The molecule has 2 aromatic rings. The van der Waals surface area contributed by atoms with Gasteiger partial charge in [-0.15, -0.1) is 11.3 Å². The molecule has 2 rings (SSSR count). The quantitative estimate of drug-likeness (QED) is 0.794. The van der Waals surface area contributed by atoms with Crippen molar-refractivity contribution in [2.45, 2.75) is 22.7 Å². The Morgan fingerprint density at radius 1 is 1.42 bits per heavy atom. The van der Waals surface area contributed by atoms with Crippen LogP contribution in [0.4, 0.5) is 0 Å². The molecule has 102 valence electrons. The van der Waals surface area contributed by atoms with Gasteiger partial charge in [-0.25, -0.2) is 4.98 Å². The largest absolute Gasteiger partial charge is 0.383 e. The Morgan fingerprint density at radius 2 is 2.32 bits per heavy atom. The van der Waals surface area contributed by atoms with Gasteiger partial charge < -0.3 is 10.1 Å². The molecule has 0 aliphatic carbocycles. The Labute approximate surface area is 122 Å². The Morgan fingerprint density at radius 3 is 3.00 bits per heavy atom. The first kappa shape index (κ1) is 14.5. The van der Waals surface area contributed by atoms with Crippen LogP contribution in [0, 0.1) is 6.92 Å². The van der Waals surface area contributed by atoms with E-state index >= 15 is 0 Å². The van der Waals surface area contributed by atoms with Crippen molar-refractivity contribution in [3.05, 3.63) is 40.9 Å². The molecule has 0 radical (unpaired) electrons. The maximum Gasteiger partial charge on any atom is 0.154 e. The number of ether oxygens (including phenoxy) is 1. The first-order valence-electron chi connectivity index (χ1n) is 6.16. The second kappa shape index (κ2) is 7.65. The van der Waals surface area contributed by atoms with Gasteiger partial charge in [0, 0.05) is 36.7 Å². The first-order valence-corrected chi connectivity index (χ1v) is 7.85. The maximum absolute atomic E-state index is 5.02. The van der Waals surface area contributed by atoms with Crippen LogP contribution in [0.3, 0.4) is 0 Å². The first-order chi connectivity index (χ1) is 9.29. The van der Waals surface area contributed by atoms with Crippen molar-refractivity contribution in [2.75, 3.05) is 20.3 Å². The average molecular weight is 294 g/mol. The molecule has 3 nitrogen and oxygen atoms in total. The van der Waals surface area contributed by atoms with Gasteiger partial charge in [-0.05, 0) is 30.2 Å². The van der Waals surface area contributed by atoms with Crippen molar-refractivity contribution in [3.63, 3.8) is 0 Å². The summed E-state index contributed by atoms with van der Waals surface area (Å²) in [5, 5.41) is 5.37. The van der Waals surface area contributed by atoms with E-state index in [4.69, 9.17) is 4.74 Å². The third-order valence-corrected chi connectivity index (χ3v) is 4.60. The van der Waals surface area contributed by atoms with Gasteiger partial charge in [0.1, 0.15) is 0 Å². The van der Waals surface area contributed by atoms with Gasteiger partial charge in [0.15, 0.2) is 4.34 Å². The van der Waals surface area contributed by atoms with Crippen molar-refractivity contribution < 1.29 is 4.74 Å². The van der Waals surface area contributed by atoms with Gasteiger partial charge in [0.05, 0.1) is 6.61 Å². The van der Waals surface area contributed by atoms with Crippen LogP contribution >= 0.6 is 23.1 Å². The lowest BCUT2D eigenvalue weighted by Gasteiger charge is -2.09. The van der Waals surface area contributed by atoms with E-state index in [1.54, 1.807) is 30.2 Å². The maximum atomic E-state index is 5.02. The number of benzene rings is 1. The SMILES string of the molecule is COCCNCc1ccc(Sc2nccs2)cc1C. The molecule has 1 N–H and O–H groups in total. The summed E-state index contributed by atoms with van der Waals surface area (Å²) < 4.78 is 6.10. The van der Waals surface area contributed by atoms with Gasteiger partial charge in [0.2, 0.25) is 0 Å². The lowest BCUT2D eigenvalue weighted by molar-refractivity contribution is 0.199. The van der Waals surface area contributed by atoms with Gasteiger partial charge in [-0.1, -0.05) is 17.8 Å². The monoisotopic (exact) mass is 294 g/mol. The molecule has 0 saturated carbocycles. The molecule has 1 aromatic heterocycles.